The van der Waals surface area contributed by atoms with Crippen LogP contribution in [0.15, 0.2) is 0 Å². The summed E-state index contributed by atoms with van der Waals surface area (Å²) < 4.78 is 13.2. The summed E-state index contributed by atoms with van der Waals surface area (Å²) in [4.78, 5) is 23.9. The maximum Gasteiger partial charge on any atom is 1.00 e. The fraction of sp³-hybridized carbons (Fsp3) is 0.571. The minimum atomic E-state index is -2.87. The number of hydrogen-bond acceptors (Lipinski definition) is 3. The Morgan fingerprint density at radius 3 is 2.07 bits per heavy atom. The predicted octanol–water partition coefficient (Wildman–Crippen LogP) is -2.50. The van der Waals surface area contributed by atoms with E-state index in [9.17, 15) is 4.79 Å². The topological polar surface area (TPSA) is 83.8 Å². The summed E-state index contributed by atoms with van der Waals surface area (Å²) in [6.45, 7) is 4.83. The third kappa shape index (κ3) is 14.2. The molecule has 7 heteroatoms. The van der Waals surface area contributed by atoms with Crippen LogP contribution in [-0.2, 0) is 14.1 Å². The van der Waals surface area contributed by atoms with E-state index in [-0.39, 0.29) is 18.9 Å². The average Bonchev–Trinajstić information content (AvgIpc) is 2.04. The quantitative estimate of drug-likeness (QED) is 0.234. The fourth-order valence-electron chi connectivity index (χ4n) is 0.296. The smallest absolute Gasteiger partial charge is 0.640 e. The van der Waals surface area contributed by atoms with Crippen LogP contribution in [0.4, 0.5) is 0 Å². The summed E-state index contributed by atoms with van der Waals surface area (Å²) in [5.41, 5.74) is -0.762. The SMILES string of the molecule is C#CC(C)(CC)O[C-]=O.O=[P+](O)O.[Li+]. The molecule has 0 rings (SSSR count). The Morgan fingerprint density at radius 2 is 2.00 bits per heavy atom. The van der Waals surface area contributed by atoms with Gasteiger partial charge in [0.2, 0.25) is 0 Å². The van der Waals surface area contributed by atoms with Crippen LogP contribution in [0, 0.1) is 12.3 Å². The molecule has 0 heterocycles. The van der Waals surface area contributed by atoms with Crippen molar-refractivity contribution in [2.24, 2.45) is 0 Å². The van der Waals surface area contributed by atoms with Gasteiger partial charge in [0.25, 0.3) is 0 Å². The third-order valence-electron chi connectivity index (χ3n) is 1.25. The van der Waals surface area contributed by atoms with E-state index in [1.54, 1.807) is 6.92 Å². The summed E-state index contributed by atoms with van der Waals surface area (Å²) in [5.74, 6) is 2.34. The van der Waals surface area contributed by atoms with Crippen molar-refractivity contribution < 1.29 is 42.7 Å². The zero-order valence-electron chi connectivity index (χ0n) is 8.35. The summed E-state index contributed by atoms with van der Waals surface area (Å²) in [6, 6.07) is 0. The van der Waals surface area contributed by atoms with Gasteiger partial charge in [0.15, 0.2) is 0 Å². The van der Waals surface area contributed by atoms with Crippen molar-refractivity contribution in [3.63, 3.8) is 0 Å². The fourth-order valence-corrected chi connectivity index (χ4v) is 0.296. The van der Waals surface area contributed by atoms with Crippen molar-refractivity contribution in [1.29, 1.82) is 0 Å². The van der Waals surface area contributed by atoms with Gasteiger partial charge in [-0.2, -0.15) is 0 Å². The van der Waals surface area contributed by atoms with E-state index in [4.69, 9.17) is 20.8 Å². The third-order valence-corrected chi connectivity index (χ3v) is 1.25. The Labute approximate surface area is 96.0 Å². The number of rotatable bonds is 3. The summed E-state index contributed by atoms with van der Waals surface area (Å²) in [5, 5.41) is 0. The van der Waals surface area contributed by atoms with Crippen LogP contribution in [0.25, 0.3) is 0 Å². The molecule has 0 saturated heterocycles. The Balaban J connectivity index is -0.000000209. The zero-order valence-corrected chi connectivity index (χ0v) is 9.25. The van der Waals surface area contributed by atoms with Crippen LogP contribution in [0.5, 0.6) is 0 Å². The van der Waals surface area contributed by atoms with Crippen molar-refractivity contribution >= 4 is 14.7 Å². The molecule has 0 amide bonds. The Bertz CT molecular complexity index is 211. The molecule has 1 unspecified atom stereocenters. The van der Waals surface area contributed by atoms with Crippen molar-refractivity contribution in [3.05, 3.63) is 0 Å². The first kappa shape index (κ1) is 19.3. The molecule has 0 aromatic rings. The Hall–Kier alpha value is -0.353. The van der Waals surface area contributed by atoms with Gasteiger partial charge in [-0.05, 0) is 13.3 Å². The molecular formula is C7H11LiO5P+. The second kappa shape index (κ2) is 10.7. The first-order valence-electron chi connectivity index (χ1n) is 3.29. The van der Waals surface area contributed by atoms with Gasteiger partial charge >= 0.3 is 27.1 Å². The molecule has 0 aliphatic heterocycles. The molecular weight excluding hydrogens is 202 g/mol. The van der Waals surface area contributed by atoms with Crippen LogP contribution in [-0.4, -0.2) is 21.9 Å². The molecule has 0 aromatic carbocycles. The van der Waals surface area contributed by atoms with Gasteiger partial charge < -0.3 is 9.53 Å². The monoisotopic (exact) mass is 213 g/mol. The number of hydrogen-bond donors (Lipinski definition) is 2. The molecule has 0 aromatic heterocycles. The van der Waals surface area contributed by atoms with E-state index in [0.717, 1.165) is 0 Å². The maximum atomic E-state index is 9.70. The van der Waals surface area contributed by atoms with Gasteiger partial charge in [0.05, 0.1) is 0 Å². The maximum absolute atomic E-state index is 9.70. The second-order valence-electron chi connectivity index (χ2n) is 2.17. The summed E-state index contributed by atoms with van der Waals surface area (Å²) >= 11 is 0. The first-order chi connectivity index (χ1) is 5.91. The Morgan fingerprint density at radius 1 is 1.64 bits per heavy atom. The van der Waals surface area contributed by atoms with Gasteiger partial charge in [-0.1, -0.05) is 19.3 Å². The largest absolute Gasteiger partial charge is 1.00 e. The van der Waals surface area contributed by atoms with E-state index >= 15 is 0 Å². The second-order valence-corrected chi connectivity index (χ2v) is 2.67. The molecule has 0 radical (unpaired) electrons. The first-order valence-corrected chi connectivity index (χ1v) is 4.46. The van der Waals surface area contributed by atoms with Crippen LogP contribution in [0.1, 0.15) is 20.3 Å². The van der Waals surface area contributed by atoms with Crippen LogP contribution < -0.4 is 18.9 Å². The van der Waals surface area contributed by atoms with Crippen molar-refractivity contribution in [3.8, 4) is 12.3 Å². The molecule has 0 fully saturated rings. The van der Waals surface area contributed by atoms with Crippen molar-refractivity contribution in [2.45, 2.75) is 25.9 Å². The molecule has 0 aliphatic carbocycles. The van der Waals surface area contributed by atoms with E-state index in [1.165, 1.54) is 6.47 Å². The average molecular weight is 213 g/mol. The summed E-state index contributed by atoms with van der Waals surface area (Å²) in [7, 11) is -2.87. The van der Waals surface area contributed by atoms with Gasteiger partial charge in [-0.25, -0.2) is 0 Å². The predicted molar refractivity (Wildman–Crippen MR) is 46.4 cm³/mol. The zero-order chi connectivity index (χ0) is 10.9. The van der Waals surface area contributed by atoms with Crippen molar-refractivity contribution in [2.75, 3.05) is 0 Å². The molecule has 2 N–H and O–H groups in total. The molecule has 1 atom stereocenters. The molecule has 0 saturated carbocycles. The summed E-state index contributed by atoms with van der Waals surface area (Å²) in [6.07, 6.45) is 5.66. The number of terminal acetylenes is 1. The van der Waals surface area contributed by atoms with Gasteiger partial charge in [0, 0.05) is 4.57 Å². The molecule has 14 heavy (non-hydrogen) atoms. The van der Waals surface area contributed by atoms with E-state index < -0.39 is 13.9 Å². The molecule has 0 bridgehead atoms. The van der Waals surface area contributed by atoms with E-state index in [0.29, 0.717) is 6.42 Å². The molecule has 74 valence electrons. The van der Waals surface area contributed by atoms with Gasteiger partial charge in [-0.3, -0.25) is 0 Å². The van der Waals surface area contributed by atoms with E-state index in [1.807, 2.05) is 6.92 Å². The molecule has 5 nitrogen and oxygen atoms in total. The normalized spacial score (nSPS) is 11.6. The van der Waals surface area contributed by atoms with Crippen LogP contribution in [0.3, 0.4) is 0 Å². The van der Waals surface area contributed by atoms with Crippen molar-refractivity contribution in [1.82, 2.24) is 0 Å². The van der Waals surface area contributed by atoms with Crippen LogP contribution >= 0.6 is 8.25 Å². The standard InChI is InChI=1S/C7H9O2.Li.HO3P/c1-4-7(3,5-2)9-6-8;;1-4(2)3/h1H,5H2,2-3H3;;(H-,1,2,3)/q-1;+1;/p+1. The molecule has 0 spiro atoms. The van der Waals surface area contributed by atoms with E-state index in [2.05, 4.69) is 10.7 Å². The minimum absolute atomic E-state index is 0. The minimum Gasteiger partial charge on any atom is -0.640 e. The number of ether oxygens (including phenoxy) is 1. The van der Waals surface area contributed by atoms with Gasteiger partial charge in [0.1, 0.15) is 5.60 Å². The number of carbonyl (C=O) groups excluding carboxylic acids is 1. The van der Waals surface area contributed by atoms with Crippen LogP contribution in [0.2, 0.25) is 0 Å². The van der Waals surface area contributed by atoms with Gasteiger partial charge in [-0.15, -0.1) is 16.2 Å². The molecule has 0 aliphatic rings. The Kier molecular flexibility index (Phi) is 14.8.